The van der Waals surface area contributed by atoms with E-state index in [0.717, 1.165) is 29.6 Å². The van der Waals surface area contributed by atoms with Crippen LogP contribution in [-0.2, 0) is 0 Å². The molecule has 106 valence electrons. The van der Waals surface area contributed by atoms with E-state index in [1.807, 2.05) is 23.1 Å². The van der Waals surface area contributed by atoms with Crippen LogP contribution in [0.15, 0.2) is 24.4 Å². The van der Waals surface area contributed by atoms with E-state index in [9.17, 15) is 4.79 Å². The zero-order valence-corrected chi connectivity index (χ0v) is 12.1. The van der Waals surface area contributed by atoms with Crippen LogP contribution in [0.25, 0.3) is 10.9 Å². The Labute approximate surface area is 118 Å². The van der Waals surface area contributed by atoms with E-state index in [4.69, 9.17) is 0 Å². The van der Waals surface area contributed by atoms with Crippen LogP contribution in [0.4, 0.5) is 0 Å². The number of benzene rings is 1. The van der Waals surface area contributed by atoms with E-state index in [1.165, 1.54) is 0 Å². The van der Waals surface area contributed by atoms with Gasteiger partial charge in [-0.3, -0.25) is 9.89 Å². The number of hydrogen-bond acceptors (Lipinski definition) is 3. The minimum atomic E-state index is 0.109. The van der Waals surface area contributed by atoms with E-state index < -0.39 is 0 Å². The van der Waals surface area contributed by atoms with Crippen molar-refractivity contribution in [1.82, 2.24) is 20.0 Å². The predicted octanol–water partition coefficient (Wildman–Crippen LogP) is 1.58. The molecule has 2 aromatic rings. The van der Waals surface area contributed by atoms with Crippen molar-refractivity contribution < 1.29 is 4.79 Å². The molecule has 5 heteroatoms. The lowest BCUT2D eigenvalue weighted by molar-refractivity contribution is 0.0781. The van der Waals surface area contributed by atoms with E-state index in [0.29, 0.717) is 12.0 Å². The highest BCUT2D eigenvalue weighted by Gasteiger charge is 2.33. The van der Waals surface area contributed by atoms with Crippen molar-refractivity contribution >= 4 is 16.8 Å². The summed E-state index contributed by atoms with van der Waals surface area (Å²) in [5.41, 5.74) is 1.64. The monoisotopic (exact) mass is 272 g/mol. The maximum atomic E-state index is 12.6. The van der Waals surface area contributed by atoms with Crippen LogP contribution in [0.5, 0.6) is 0 Å². The normalized spacial score (nSPS) is 22.9. The molecule has 1 aliphatic rings. The largest absolute Gasteiger partial charge is 0.337 e. The molecular weight excluding hydrogens is 252 g/mol. The second-order valence-corrected chi connectivity index (χ2v) is 5.89. The lowest BCUT2D eigenvalue weighted by atomic mass is 10.1. The number of H-pyrrole nitrogens is 1. The Kier molecular flexibility index (Phi) is 3.22. The zero-order chi connectivity index (χ0) is 14.3. The van der Waals surface area contributed by atoms with Crippen molar-refractivity contribution in [2.45, 2.75) is 13.0 Å². The van der Waals surface area contributed by atoms with Gasteiger partial charge in [-0.2, -0.15) is 5.10 Å². The summed E-state index contributed by atoms with van der Waals surface area (Å²) in [7, 11) is 4.15. The highest BCUT2D eigenvalue weighted by atomic mass is 16.2. The van der Waals surface area contributed by atoms with Gasteiger partial charge in [-0.05, 0) is 32.1 Å². The maximum Gasteiger partial charge on any atom is 0.253 e. The second kappa shape index (κ2) is 4.90. The van der Waals surface area contributed by atoms with E-state index in [2.05, 4.69) is 36.1 Å². The first-order chi connectivity index (χ1) is 9.56. The van der Waals surface area contributed by atoms with Crippen LogP contribution in [0.2, 0.25) is 0 Å². The highest BCUT2D eigenvalue weighted by Crippen LogP contribution is 2.23. The molecule has 1 aliphatic heterocycles. The summed E-state index contributed by atoms with van der Waals surface area (Å²) in [6, 6.07) is 6.15. The maximum absolute atomic E-state index is 12.6. The molecule has 0 saturated carbocycles. The van der Waals surface area contributed by atoms with E-state index >= 15 is 0 Å². The van der Waals surface area contributed by atoms with Gasteiger partial charge in [-0.1, -0.05) is 13.0 Å². The summed E-state index contributed by atoms with van der Waals surface area (Å²) in [6.07, 6.45) is 1.77. The minimum absolute atomic E-state index is 0.109. The number of amides is 1. The third kappa shape index (κ3) is 2.18. The standard InChI is InChI=1S/C15H20N4O/c1-10-8-19(9-14(10)18(2)3)15(20)11-4-5-12-7-16-17-13(12)6-11/h4-7,10,14H,8-9H2,1-3H3,(H,16,17). The SMILES string of the molecule is CC1CN(C(=O)c2ccc3cn[nH]c3c2)CC1N(C)C. The summed E-state index contributed by atoms with van der Waals surface area (Å²) in [5, 5.41) is 7.93. The second-order valence-electron chi connectivity index (χ2n) is 5.89. The molecule has 2 atom stereocenters. The van der Waals surface area contributed by atoms with Gasteiger partial charge in [0.25, 0.3) is 5.91 Å². The highest BCUT2D eigenvalue weighted by molar-refractivity contribution is 5.97. The average molecular weight is 272 g/mol. The molecule has 5 nitrogen and oxygen atoms in total. The molecule has 0 aliphatic carbocycles. The minimum Gasteiger partial charge on any atom is -0.337 e. The molecule has 1 saturated heterocycles. The quantitative estimate of drug-likeness (QED) is 0.903. The Balaban J connectivity index is 1.82. The van der Waals surface area contributed by atoms with Gasteiger partial charge in [0.05, 0.1) is 11.7 Å². The number of aromatic amines is 1. The molecule has 1 amide bonds. The first kappa shape index (κ1) is 13.1. The fourth-order valence-corrected chi connectivity index (χ4v) is 3.04. The topological polar surface area (TPSA) is 52.2 Å². The molecule has 2 heterocycles. The van der Waals surface area contributed by atoms with Gasteiger partial charge in [0.2, 0.25) is 0 Å². The van der Waals surface area contributed by atoms with Crippen molar-refractivity contribution in [2.75, 3.05) is 27.2 Å². The van der Waals surface area contributed by atoms with Gasteiger partial charge < -0.3 is 9.80 Å². The third-order valence-electron chi connectivity index (χ3n) is 4.21. The van der Waals surface area contributed by atoms with Gasteiger partial charge in [0.1, 0.15) is 0 Å². The number of likely N-dealkylation sites (N-methyl/N-ethyl adjacent to an activating group) is 1. The van der Waals surface area contributed by atoms with Crippen LogP contribution in [-0.4, -0.2) is 59.1 Å². The van der Waals surface area contributed by atoms with Crippen LogP contribution in [0.3, 0.4) is 0 Å². The number of likely N-dealkylation sites (tertiary alicyclic amines) is 1. The number of nitrogens with zero attached hydrogens (tertiary/aromatic N) is 3. The predicted molar refractivity (Wildman–Crippen MR) is 78.6 cm³/mol. The van der Waals surface area contributed by atoms with Crippen molar-refractivity contribution in [3.63, 3.8) is 0 Å². The average Bonchev–Trinajstić information content (AvgIpc) is 3.02. The van der Waals surface area contributed by atoms with Gasteiger partial charge in [0.15, 0.2) is 0 Å². The Bertz CT molecular complexity index is 634. The molecule has 20 heavy (non-hydrogen) atoms. The number of nitrogens with one attached hydrogen (secondary N) is 1. The van der Waals surface area contributed by atoms with E-state index in [-0.39, 0.29) is 5.91 Å². The fourth-order valence-electron chi connectivity index (χ4n) is 3.04. The molecule has 1 aromatic carbocycles. The van der Waals surface area contributed by atoms with Gasteiger partial charge in [-0.25, -0.2) is 0 Å². The first-order valence-corrected chi connectivity index (χ1v) is 6.95. The molecule has 1 N–H and O–H groups in total. The van der Waals surface area contributed by atoms with Crippen LogP contribution in [0, 0.1) is 5.92 Å². The number of fused-ring (bicyclic) bond motifs is 1. The van der Waals surface area contributed by atoms with Gasteiger partial charge in [0, 0.05) is 30.1 Å². The number of carbonyl (C=O) groups excluding carboxylic acids is 1. The van der Waals surface area contributed by atoms with Crippen molar-refractivity contribution in [1.29, 1.82) is 0 Å². The summed E-state index contributed by atoms with van der Waals surface area (Å²) < 4.78 is 0. The lowest BCUT2D eigenvalue weighted by Crippen LogP contribution is -2.35. The Morgan fingerprint density at radius 2 is 2.20 bits per heavy atom. The number of aromatic nitrogens is 2. The molecule has 0 bridgehead atoms. The smallest absolute Gasteiger partial charge is 0.253 e. The number of hydrogen-bond donors (Lipinski definition) is 1. The van der Waals surface area contributed by atoms with E-state index in [1.54, 1.807) is 6.20 Å². The Morgan fingerprint density at radius 3 is 2.90 bits per heavy atom. The van der Waals surface area contributed by atoms with Crippen molar-refractivity contribution in [3.8, 4) is 0 Å². The summed E-state index contributed by atoms with van der Waals surface area (Å²) in [4.78, 5) is 16.8. The third-order valence-corrected chi connectivity index (χ3v) is 4.21. The molecule has 1 aromatic heterocycles. The summed E-state index contributed by atoms with van der Waals surface area (Å²) >= 11 is 0. The fraction of sp³-hybridized carbons (Fsp3) is 0.467. The lowest BCUT2D eigenvalue weighted by Gasteiger charge is -2.22. The molecule has 3 rings (SSSR count). The van der Waals surface area contributed by atoms with Gasteiger partial charge in [-0.15, -0.1) is 0 Å². The number of rotatable bonds is 2. The summed E-state index contributed by atoms with van der Waals surface area (Å²) in [6.45, 7) is 3.83. The number of carbonyl (C=O) groups is 1. The van der Waals surface area contributed by atoms with Crippen molar-refractivity contribution in [3.05, 3.63) is 30.0 Å². The molecular formula is C15H20N4O. The molecule has 2 unspecified atom stereocenters. The molecule has 1 fully saturated rings. The zero-order valence-electron chi connectivity index (χ0n) is 12.1. The molecule has 0 spiro atoms. The Hall–Kier alpha value is -1.88. The van der Waals surface area contributed by atoms with Crippen LogP contribution in [0.1, 0.15) is 17.3 Å². The van der Waals surface area contributed by atoms with Crippen LogP contribution >= 0.6 is 0 Å². The van der Waals surface area contributed by atoms with Gasteiger partial charge >= 0.3 is 0 Å². The summed E-state index contributed by atoms with van der Waals surface area (Å²) in [5.74, 6) is 0.613. The Morgan fingerprint density at radius 1 is 1.40 bits per heavy atom. The van der Waals surface area contributed by atoms with Crippen LogP contribution < -0.4 is 0 Å². The first-order valence-electron chi connectivity index (χ1n) is 6.95. The molecule has 0 radical (unpaired) electrons. The van der Waals surface area contributed by atoms with Crippen molar-refractivity contribution in [2.24, 2.45) is 5.92 Å².